The Morgan fingerprint density at radius 1 is 1.26 bits per heavy atom. The number of para-hydroxylation sites is 2. The lowest BCUT2D eigenvalue weighted by Gasteiger charge is -2.13. The van der Waals surface area contributed by atoms with Crippen molar-refractivity contribution in [1.29, 1.82) is 0 Å². The van der Waals surface area contributed by atoms with E-state index >= 15 is 0 Å². The number of nitrogens with zero attached hydrogens (tertiary/aromatic N) is 1. The van der Waals surface area contributed by atoms with Crippen molar-refractivity contribution in [2.45, 2.75) is 19.9 Å². The lowest BCUT2D eigenvalue weighted by molar-refractivity contribution is -0.118. The first kappa shape index (κ1) is 15.4. The van der Waals surface area contributed by atoms with Gasteiger partial charge in [0.1, 0.15) is 6.04 Å². The van der Waals surface area contributed by atoms with Crippen LogP contribution in [0.25, 0.3) is 11.1 Å². The average molecular weight is 331 g/mol. The first-order valence-electron chi connectivity index (χ1n) is 7.14. The van der Waals surface area contributed by atoms with Crippen LogP contribution in [0.2, 0.25) is 5.02 Å². The number of aromatic nitrogens is 1. The summed E-state index contributed by atoms with van der Waals surface area (Å²) in [5.74, 6) is -0.880. The lowest BCUT2D eigenvalue weighted by Crippen LogP contribution is -2.29. The molecule has 0 spiro atoms. The number of carbonyl (C=O) groups is 1. The van der Waals surface area contributed by atoms with E-state index in [4.69, 9.17) is 16.0 Å². The summed E-state index contributed by atoms with van der Waals surface area (Å²) in [6.07, 6.45) is 0. The molecule has 3 rings (SSSR count). The second-order valence-corrected chi connectivity index (χ2v) is 5.74. The molecule has 2 aromatic carbocycles. The van der Waals surface area contributed by atoms with Crippen LogP contribution in [-0.2, 0) is 4.79 Å². The quantitative estimate of drug-likeness (QED) is 0.795. The largest absolute Gasteiger partial charge is 0.420 e. The Labute approximate surface area is 137 Å². The molecule has 3 aromatic rings. The summed E-state index contributed by atoms with van der Waals surface area (Å²) in [6, 6.07) is 11.5. The van der Waals surface area contributed by atoms with Crippen molar-refractivity contribution >= 4 is 34.3 Å². The van der Waals surface area contributed by atoms with E-state index in [1.807, 2.05) is 13.0 Å². The van der Waals surface area contributed by atoms with Crippen molar-refractivity contribution in [2.75, 3.05) is 5.32 Å². The number of nitrogens with one attached hydrogen (secondary N) is 1. The summed E-state index contributed by atoms with van der Waals surface area (Å²) in [5.41, 5.74) is 2.55. The third-order valence-electron chi connectivity index (χ3n) is 3.72. The molecular weight excluding hydrogens is 316 g/mol. The Morgan fingerprint density at radius 2 is 2.00 bits per heavy atom. The zero-order chi connectivity index (χ0) is 16.6. The molecule has 0 aliphatic carbocycles. The van der Waals surface area contributed by atoms with Crippen LogP contribution in [-0.4, -0.2) is 10.5 Å². The number of benzene rings is 2. The van der Waals surface area contributed by atoms with Crippen molar-refractivity contribution in [3.63, 3.8) is 0 Å². The van der Waals surface area contributed by atoms with Gasteiger partial charge in [-0.15, -0.1) is 0 Å². The fourth-order valence-electron chi connectivity index (χ4n) is 2.39. The fraction of sp³-hybridized carbons (Fsp3) is 0.176. The Bertz CT molecular complexity index is 942. The molecule has 0 saturated carbocycles. The SMILES string of the molecule is Cc1ccc(NC(=O)C(C)n2c(=O)oc3ccccc32)cc1Cl. The molecule has 23 heavy (non-hydrogen) atoms. The number of fused-ring (bicyclic) bond motifs is 1. The molecule has 0 saturated heterocycles. The minimum absolute atomic E-state index is 0.321. The van der Waals surface area contributed by atoms with Crippen LogP contribution in [0.4, 0.5) is 5.69 Å². The van der Waals surface area contributed by atoms with Gasteiger partial charge in [0, 0.05) is 10.7 Å². The number of anilines is 1. The minimum atomic E-state index is -0.716. The Morgan fingerprint density at radius 3 is 2.74 bits per heavy atom. The number of hydrogen-bond acceptors (Lipinski definition) is 3. The Balaban J connectivity index is 1.91. The monoisotopic (exact) mass is 330 g/mol. The van der Waals surface area contributed by atoms with Crippen molar-refractivity contribution in [1.82, 2.24) is 4.57 Å². The number of hydrogen-bond donors (Lipinski definition) is 1. The topological polar surface area (TPSA) is 64.2 Å². The highest BCUT2D eigenvalue weighted by molar-refractivity contribution is 6.31. The number of halogens is 1. The molecule has 1 N–H and O–H groups in total. The summed E-state index contributed by atoms with van der Waals surface area (Å²) < 4.78 is 6.50. The minimum Gasteiger partial charge on any atom is -0.408 e. The Kier molecular flexibility index (Phi) is 3.96. The number of rotatable bonds is 3. The molecule has 1 aromatic heterocycles. The zero-order valence-corrected chi connectivity index (χ0v) is 13.4. The molecule has 6 heteroatoms. The van der Waals surface area contributed by atoms with Gasteiger partial charge in [0.15, 0.2) is 5.58 Å². The summed E-state index contributed by atoms with van der Waals surface area (Å²) in [5, 5.41) is 3.34. The van der Waals surface area contributed by atoms with Crippen molar-refractivity contribution in [2.24, 2.45) is 0 Å². The number of carbonyl (C=O) groups excluding carboxylic acids is 1. The molecular formula is C17H15ClN2O3. The van der Waals surface area contributed by atoms with E-state index in [0.717, 1.165) is 5.56 Å². The van der Waals surface area contributed by atoms with Crippen molar-refractivity contribution in [3.8, 4) is 0 Å². The molecule has 5 nitrogen and oxygen atoms in total. The predicted molar refractivity (Wildman–Crippen MR) is 90.0 cm³/mol. The van der Waals surface area contributed by atoms with E-state index in [-0.39, 0.29) is 5.91 Å². The standard InChI is InChI=1S/C17H15ClN2O3/c1-10-7-8-12(9-13(10)18)19-16(21)11(2)20-14-5-3-4-6-15(14)23-17(20)22/h3-9,11H,1-2H3,(H,19,21). The maximum atomic E-state index is 12.4. The second-order valence-electron chi connectivity index (χ2n) is 5.33. The van der Waals surface area contributed by atoms with Crippen LogP contribution in [0.1, 0.15) is 18.5 Å². The van der Waals surface area contributed by atoms with Gasteiger partial charge in [0.25, 0.3) is 0 Å². The highest BCUT2D eigenvalue weighted by Crippen LogP contribution is 2.22. The Hall–Kier alpha value is -2.53. The van der Waals surface area contributed by atoms with Crippen LogP contribution in [0.5, 0.6) is 0 Å². The fourth-order valence-corrected chi connectivity index (χ4v) is 2.57. The van der Waals surface area contributed by atoms with E-state index in [1.54, 1.807) is 43.3 Å². The summed E-state index contributed by atoms with van der Waals surface area (Å²) in [7, 11) is 0. The van der Waals surface area contributed by atoms with Gasteiger partial charge in [-0.3, -0.25) is 9.36 Å². The molecule has 1 heterocycles. The zero-order valence-electron chi connectivity index (χ0n) is 12.7. The van der Waals surface area contributed by atoms with Crippen LogP contribution in [0, 0.1) is 6.92 Å². The van der Waals surface area contributed by atoms with Gasteiger partial charge in [0.2, 0.25) is 5.91 Å². The number of aryl methyl sites for hydroxylation is 1. The third kappa shape index (κ3) is 2.87. The normalized spacial score (nSPS) is 12.3. The van der Waals surface area contributed by atoms with Gasteiger partial charge < -0.3 is 9.73 Å². The summed E-state index contributed by atoms with van der Waals surface area (Å²) in [4.78, 5) is 24.5. The van der Waals surface area contributed by atoms with Crippen LogP contribution in [0.15, 0.2) is 51.7 Å². The van der Waals surface area contributed by atoms with Gasteiger partial charge in [-0.05, 0) is 43.7 Å². The molecule has 1 unspecified atom stereocenters. The molecule has 0 fully saturated rings. The molecule has 0 aliphatic heterocycles. The maximum Gasteiger partial charge on any atom is 0.420 e. The van der Waals surface area contributed by atoms with E-state index in [2.05, 4.69) is 5.32 Å². The van der Waals surface area contributed by atoms with Crippen LogP contribution >= 0.6 is 11.6 Å². The van der Waals surface area contributed by atoms with E-state index in [0.29, 0.717) is 21.8 Å². The first-order chi connectivity index (χ1) is 11.0. The van der Waals surface area contributed by atoms with Crippen LogP contribution < -0.4 is 11.1 Å². The van der Waals surface area contributed by atoms with Gasteiger partial charge in [-0.2, -0.15) is 0 Å². The van der Waals surface area contributed by atoms with Gasteiger partial charge in [-0.1, -0.05) is 29.8 Å². The number of amides is 1. The number of oxazole rings is 1. The predicted octanol–water partition coefficient (Wildman–Crippen LogP) is 3.76. The van der Waals surface area contributed by atoms with Gasteiger partial charge in [0.05, 0.1) is 5.52 Å². The van der Waals surface area contributed by atoms with E-state index in [9.17, 15) is 9.59 Å². The molecule has 118 valence electrons. The van der Waals surface area contributed by atoms with E-state index < -0.39 is 11.8 Å². The van der Waals surface area contributed by atoms with Crippen molar-refractivity contribution < 1.29 is 9.21 Å². The van der Waals surface area contributed by atoms with E-state index in [1.165, 1.54) is 4.57 Å². The third-order valence-corrected chi connectivity index (χ3v) is 4.13. The molecule has 1 amide bonds. The molecule has 1 atom stereocenters. The van der Waals surface area contributed by atoms with Crippen molar-refractivity contribution in [3.05, 3.63) is 63.6 Å². The summed E-state index contributed by atoms with van der Waals surface area (Å²) in [6.45, 7) is 3.53. The molecule has 0 radical (unpaired) electrons. The smallest absolute Gasteiger partial charge is 0.408 e. The maximum absolute atomic E-state index is 12.4. The van der Waals surface area contributed by atoms with Gasteiger partial charge in [-0.25, -0.2) is 4.79 Å². The highest BCUT2D eigenvalue weighted by Gasteiger charge is 2.21. The summed E-state index contributed by atoms with van der Waals surface area (Å²) >= 11 is 6.06. The first-order valence-corrected chi connectivity index (χ1v) is 7.52. The molecule has 0 aliphatic rings. The lowest BCUT2D eigenvalue weighted by atomic mass is 10.2. The second kappa shape index (κ2) is 5.93. The molecule has 0 bridgehead atoms. The van der Waals surface area contributed by atoms with Gasteiger partial charge >= 0.3 is 5.76 Å². The average Bonchev–Trinajstić information content (AvgIpc) is 2.86. The van der Waals surface area contributed by atoms with Crippen LogP contribution in [0.3, 0.4) is 0 Å². The highest BCUT2D eigenvalue weighted by atomic mass is 35.5.